The molecule has 0 aliphatic rings. The highest BCUT2D eigenvalue weighted by atomic mass is 79.9. The monoisotopic (exact) mass is 347 g/mol. The number of carbonyl (C=O) groups excluding carboxylic acids is 1. The van der Waals surface area contributed by atoms with E-state index in [0.29, 0.717) is 13.0 Å². The molecule has 2 aromatic carbocycles. The van der Waals surface area contributed by atoms with E-state index in [-0.39, 0.29) is 11.7 Å². The first kappa shape index (κ1) is 15.4. The van der Waals surface area contributed by atoms with E-state index in [0.717, 1.165) is 15.6 Å². The molecule has 2 nitrogen and oxygen atoms in total. The quantitative estimate of drug-likeness (QED) is 0.815. The first-order valence-corrected chi connectivity index (χ1v) is 7.39. The molecule has 0 atom stereocenters. The molecule has 1 N–H and O–H groups in total. The minimum Gasteiger partial charge on any atom is -0.352 e. The van der Waals surface area contributed by atoms with Gasteiger partial charge in [0.05, 0.1) is 0 Å². The number of hydrogen-bond acceptors (Lipinski definition) is 1. The van der Waals surface area contributed by atoms with Gasteiger partial charge in [0.15, 0.2) is 0 Å². The number of amides is 1. The maximum atomic E-state index is 13.0. The van der Waals surface area contributed by atoms with Crippen molar-refractivity contribution in [1.29, 1.82) is 0 Å². The molecule has 0 unspecified atom stereocenters. The van der Waals surface area contributed by atoms with E-state index < -0.39 is 0 Å². The highest BCUT2D eigenvalue weighted by Crippen LogP contribution is 2.16. The lowest BCUT2D eigenvalue weighted by atomic mass is 10.1. The van der Waals surface area contributed by atoms with Crippen LogP contribution in [0.25, 0.3) is 6.08 Å². The minimum atomic E-state index is -0.257. The van der Waals surface area contributed by atoms with Crippen molar-refractivity contribution in [3.63, 3.8) is 0 Å². The Hall–Kier alpha value is -1.94. The van der Waals surface area contributed by atoms with Crippen LogP contribution in [-0.4, -0.2) is 12.5 Å². The zero-order valence-corrected chi connectivity index (χ0v) is 12.9. The van der Waals surface area contributed by atoms with Crippen molar-refractivity contribution in [2.45, 2.75) is 6.42 Å². The van der Waals surface area contributed by atoms with Crippen molar-refractivity contribution in [1.82, 2.24) is 5.32 Å². The molecule has 0 aliphatic carbocycles. The summed E-state index contributed by atoms with van der Waals surface area (Å²) in [5.74, 6) is -0.421. The van der Waals surface area contributed by atoms with Gasteiger partial charge in [0.25, 0.3) is 0 Å². The Bertz CT molecular complexity index is 655. The molecule has 0 aromatic heterocycles. The Kier molecular flexibility index (Phi) is 5.69. The first-order valence-electron chi connectivity index (χ1n) is 6.60. The number of rotatable bonds is 5. The molecule has 1 amide bonds. The van der Waals surface area contributed by atoms with Gasteiger partial charge in [0.1, 0.15) is 5.82 Å². The second-order valence-corrected chi connectivity index (χ2v) is 5.38. The van der Waals surface area contributed by atoms with E-state index in [1.54, 1.807) is 12.1 Å². The minimum absolute atomic E-state index is 0.165. The van der Waals surface area contributed by atoms with E-state index in [1.807, 2.05) is 30.3 Å². The van der Waals surface area contributed by atoms with Crippen LogP contribution >= 0.6 is 15.9 Å². The Morgan fingerprint density at radius 3 is 2.76 bits per heavy atom. The molecule has 4 heteroatoms. The average Bonchev–Trinajstić information content (AvgIpc) is 2.46. The van der Waals surface area contributed by atoms with Crippen molar-refractivity contribution in [3.05, 3.63) is 76.0 Å². The van der Waals surface area contributed by atoms with Crippen LogP contribution in [0.5, 0.6) is 0 Å². The van der Waals surface area contributed by atoms with Gasteiger partial charge in [-0.2, -0.15) is 0 Å². The molecule has 0 aliphatic heterocycles. The van der Waals surface area contributed by atoms with E-state index >= 15 is 0 Å². The maximum absolute atomic E-state index is 13.0. The van der Waals surface area contributed by atoms with Gasteiger partial charge in [0, 0.05) is 17.1 Å². The SMILES string of the molecule is O=C(/C=C/c1ccccc1Br)NCCc1cccc(F)c1. The van der Waals surface area contributed by atoms with Crippen molar-refractivity contribution >= 4 is 27.9 Å². The Labute approximate surface area is 131 Å². The van der Waals surface area contributed by atoms with E-state index in [1.165, 1.54) is 18.2 Å². The molecule has 0 fully saturated rings. The van der Waals surface area contributed by atoms with Crippen molar-refractivity contribution in [2.24, 2.45) is 0 Å². The van der Waals surface area contributed by atoms with Crippen LogP contribution in [0, 0.1) is 5.82 Å². The molecule has 2 aromatic rings. The number of carbonyl (C=O) groups is 1. The second kappa shape index (κ2) is 7.74. The summed E-state index contributed by atoms with van der Waals surface area (Å²) < 4.78 is 13.9. The van der Waals surface area contributed by atoms with E-state index in [2.05, 4.69) is 21.2 Å². The number of benzene rings is 2. The van der Waals surface area contributed by atoms with Gasteiger partial charge in [-0.25, -0.2) is 4.39 Å². The first-order chi connectivity index (χ1) is 10.1. The van der Waals surface area contributed by atoms with Crippen LogP contribution in [0.15, 0.2) is 59.1 Å². The molecule has 2 rings (SSSR count). The fourth-order valence-corrected chi connectivity index (χ4v) is 2.27. The summed E-state index contributed by atoms with van der Waals surface area (Å²) in [7, 11) is 0. The van der Waals surface area contributed by atoms with Crippen LogP contribution < -0.4 is 5.32 Å². The van der Waals surface area contributed by atoms with Gasteiger partial charge in [0.2, 0.25) is 5.91 Å². The zero-order chi connectivity index (χ0) is 15.1. The topological polar surface area (TPSA) is 29.1 Å². The molecular formula is C17H15BrFNO. The fourth-order valence-electron chi connectivity index (χ4n) is 1.86. The van der Waals surface area contributed by atoms with Crippen molar-refractivity contribution in [3.8, 4) is 0 Å². The third kappa shape index (κ3) is 5.16. The lowest BCUT2D eigenvalue weighted by Gasteiger charge is -2.03. The summed E-state index contributed by atoms with van der Waals surface area (Å²) in [6.45, 7) is 0.475. The number of hydrogen-bond donors (Lipinski definition) is 1. The van der Waals surface area contributed by atoms with Crippen LogP contribution in [-0.2, 0) is 11.2 Å². The van der Waals surface area contributed by atoms with Gasteiger partial charge in [-0.15, -0.1) is 0 Å². The molecule has 0 spiro atoms. The highest BCUT2D eigenvalue weighted by molar-refractivity contribution is 9.10. The second-order valence-electron chi connectivity index (χ2n) is 4.53. The zero-order valence-electron chi connectivity index (χ0n) is 11.4. The van der Waals surface area contributed by atoms with Crippen LogP contribution in [0.2, 0.25) is 0 Å². The Morgan fingerprint density at radius 1 is 1.19 bits per heavy atom. The Morgan fingerprint density at radius 2 is 2.00 bits per heavy atom. The fraction of sp³-hybridized carbons (Fsp3) is 0.118. The average molecular weight is 348 g/mol. The van der Waals surface area contributed by atoms with E-state index in [4.69, 9.17) is 0 Å². The summed E-state index contributed by atoms with van der Waals surface area (Å²) in [5.41, 5.74) is 1.81. The normalized spacial score (nSPS) is 10.8. The smallest absolute Gasteiger partial charge is 0.244 e. The predicted octanol–water partition coefficient (Wildman–Crippen LogP) is 3.96. The molecular weight excluding hydrogens is 333 g/mol. The lowest BCUT2D eigenvalue weighted by Crippen LogP contribution is -2.23. The predicted molar refractivity (Wildman–Crippen MR) is 86.3 cm³/mol. The Balaban J connectivity index is 1.81. The number of nitrogens with one attached hydrogen (secondary N) is 1. The summed E-state index contributed by atoms with van der Waals surface area (Å²) in [6, 6.07) is 14.0. The highest BCUT2D eigenvalue weighted by Gasteiger charge is 1.99. The molecule has 0 saturated carbocycles. The summed E-state index contributed by atoms with van der Waals surface area (Å²) >= 11 is 3.42. The maximum Gasteiger partial charge on any atom is 0.244 e. The molecule has 0 saturated heterocycles. The van der Waals surface area contributed by atoms with Crippen molar-refractivity contribution in [2.75, 3.05) is 6.54 Å². The van der Waals surface area contributed by atoms with Crippen LogP contribution in [0.3, 0.4) is 0 Å². The standard InChI is InChI=1S/C17H15BrFNO/c18-16-7-2-1-5-14(16)8-9-17(21)20-11-10-13-4-3-6-15(19)12-13/h1-9,12H,10-11H2,(H,20,21)/b9-8+. The third-order valence-corrected chi connectivity index (χ3v) is 3.64. The molecule has 21 heavy (non-hydrogen) atoms. The number of halogens is 2. The molecule has 108 valence electrons. The van der Waals surface area contributed by atoms with Gasteiger partial charge >= 0.3 is 0 Å². The van der Waals surface area contributed by atoms with Gasteiger partial charge in [-0.05, 0) is 41.8 Å². The third-order valence-electron chi connectivity index (χ3n) is 2.92. The van der Waals surface area contributed by atoms with Gasteiger partial charge in [-0.1, -0.05) is 46.3 Å². The van der Waals surface area contributed by atoms with E-state index in [9.17, 15) is 9.18 Å². The molecule has 0 radical (unpaired) electrons. The van der Waals surface area contributed by atoms with Crippen molar-refractivity contribution < 1.29 is 9.18 Å². The summed E-state index contributed by atoms with van der Waals surface area (Å²) in [5, 5.41) is 2.78. The summed E-state index contributed by atoms with van der Waals surface area (Å²) in [4.78, 5) is 11.7. The molecule has 0 heterocycles. The summed E-state index contributed by atoms with van der Waals surface area (Å²) in [6.07, 6.45) is 3.85. The molecule has 0 bridgehead atoms. The largest absolute Gasteiger partial charge is 0.352 e. The van der Waals surface area contributed by atoms with Gasteiger partial charge < -0.3 is 5.32 Å². The van der Waals surface area contributed by atoms with Crippen LogP contribution in [0.4, 0.5) is 4.39 Å². The van der Waals surface area contributed by atoms with Gasteiger partial charge in [-0.3, -0.25) is 4.79 Å². The van der Waals surface area contributed by atoms with Crippen LogP contribution in [0.1, 0.15) is 11.1 Å². The lowest BCUT2D eigenvalue weighted by molar-refractivity contribution is -0.116.